The number of rotatable bonds is 5. The number of hydrogen-bond acceptors (Lipinski definition) is 2. The Morgan fingerprint density at radius 2 is 1.61 bits per heavy atom. The van der Waals surface area contributed by atoms with Crippen LogP contribution in [0.15, 0.2) is 54.6 Å². The molecule has 0 radical (unpaired) electrons. The summed E-state index contributed by atoms with van der Waals surface area (Å²) in [5, 5.41) is 0. The third kappa shape index (κ3) is 3.59. The normalized spacial score (nSPS) is 24.3. The molecule has 0 spiro atoms. The third-order valence-electron chi connectivity index (χ3n) is 5.17. The van der Waals surface area contributed by atoms with Crippen LogP contribution in [-0.2, 0) is 6.61 Å². The first-order valence-electron chi connectivity index (χ1n) is 8.91. The molecule has 0 aromatic heterocycles. The van der Waals surface area contributed by atoms with Crippen molar-refractivity contribution in [2.75, 3.05) is 13.1 Å². The number of hydrogen-bond donors (Lipinski definition) is 0. The summed E-state index contributed by atoms with van der Waals surface area (Å²) in [6.07, 6.45) is 5.52. The molecule has 2 atom stereocenters. The molecule has 1 aliphatic heterocycles. The molecule has 2 aliphatic rings. The third-order valence-corrected chi connectivity index (χ3v) is 5.17. The lowest BCUT2D eigenvalue weighted by Gasteiger charge is -2.26. The molecule has 0 N–H and O–H groups in total. The van der Waals surface area contributed by atoms with Crippen molar-refractivity contribution in [3.8, 4) is 5.75 Å². The Morgan fingerprint density at radius 1 is 0.870 bits per heavy atom. The minimum atomic E-state index is 0.639. The van der Waals surface area contributed by atoms with Crippen LogP contribution in [0, 0.1) is 0 Å². The summed E-state index contributed by atoms with van der Waals surface area (Å²) in [6, 6.07) is 19.9. The SMILES string of the molecule is c1ccc(COc2ccc([C@@H]3C[C@H]3N3CCCCC3)cc2)cc1. The molecule has 1 aliphatic carbocycles. The Kier molecular flexibility index (Phi) is 4.34. The topological polar surface area (TPSA) is 12.5 Å². The van der Waals surface area contributed by atoms with Gasteiger partial charge in [0.2, 0.25) is 0 Å². The fourth-order valence-electron chi connectivity index (χ4n) is 3.75. The highest BCUT2D eigenvalue weighted by Gasteiger charge is 2.42. The van der Waals surface area contributed by atoms with Crippen molar-refractivity contribution < 1.29 is 4.74 Å². The van der Waals surface area contributed by atoms with E-state index in [0.717, 1.165) is 17.7 Å². The molecule has 23 heavy (non-hydrogen) atoms. The zero-order chi connectivity index (χ0) is 15.5. The lowest BCUT2D eigenvalue weighted by Crippen LogP contribution is -2.32. The predicted octanol–water partition coefficient (Wildman–Crippen LogP) is 4.61. The highest BCUT2D eigenvalue weighted by atomic mass is 16.5. The van der Waals surface area contributed by atoms with Crippen LogP contribution in [0.25, 0.3) is 0 Å². The Balaban J connectivity index is 1.32. The van der Waals surface area contributed by atoms with Crippen molar-refractivity contribution in [3.05, 3.63) is 65.7 Å². The molecule has 2 fully saturated rings. The standard InChI is InChI=1S/C21H25NO/c1-3-7-17(8-4-1)16-23-19-11-9-18(10-12-19)20-15-21(20)22-13-5-2-6-14-22/h1,3-4,7-12,20-21H,2,5-6,13-16H2/t20-,21+/m0/s1. The molecular weight excluding hydrogens is 282 g/mol. The molecular formula is C21H25NO. The van der Waals surface area contributed by atoms with Gasteiger partial charge in [-0.15, -0.1) is 0 Å². The molecule has 0 amide bonds. The van der Waals surface area contributed by atoms with E-state index in [1.54, 1.807) is 0 Å². The molecule has 2 heteroatoms. The molecule has 2 aromatic rings. The summed E-state index contributed by atoms with van der Waals surface area (Å²) in [4.78, 5) is 2.70. The van der Waals surface area contributed by atoms with E-state index in [-0.39, 0.29) is 0 Å². The Bertz CT molecular complexity index is 616. The van der Waals surface area contributed by atoms with E-state index in [4.69, 9.17) is 4.74 Å². The molecule has 120 valence electrons. The molecule has 4 rings (SSSR count). The number of benzene rings is 2. The van der Waals surface area contributed by atoms with Gasteiger partial charge in [-0.25, -0.2) is 0 Å². The van der Waals surface area contributed by atoms with E-state index in [9.17, 15) is 0 Å². The average Bonchev–Trinajstić information content (AvgIpc) is 3.43. The van der Waals surface area contributed by atoms with Gasteiger partial charge < -0.3 is 4.74 Å². The predicted molar refractivity (Wildman–Crippen MR) is 93.8 cm³/mol. The van der Waals surface area contributed by atoms with Crippen LogP contribution in [-0.4, -0.2) is 24.0 Å². The molecule has 1 saturated heterocycles. The van der Waals surface area contributed by atoms with Crippen molar-refractivity contribution in [2.24, 2.45) is 0 Å². The van der Waals surface area contributed by atoms with E-state index in [0.29, 0.717) is 6.61 Å². The van der Waals surface area contributed by atoms with Crippen molar-refractivity contribution in [1.82, 2.24) is 4.90 Å². The van der Waals surface area contributed by atoms with Crippen molar-refractivity contribution >= 4 is 0 Å². The Labute approximate surface area is 139 Å². The Hall–Kier alpha value is -1.80. The van der Waals surface area contributed by atoms with Gasteiger partial charge >= 0.3 is 0 Å². The average molecular weight is 307 g/mol. The summed E-state index contributed by atoms with van der Waals surface area (Å²) in [5.74, 6) is 1.71. The van der Waals surface area contributed by atoms with Crippen LogP contribution < -0.4 is 4.74 Å². The molecule has 2 nitrogen and oxygen atoms in total. The number of ether oxygens (including phenoxy) is 1. The second-order valence-electron chi connectivity index (χ2n) is 6.85. The monoisotopic (exact) mass is 307 g/mol. The van der Waals surface area contributed by atoms with Gasteiger partial charge in [0.05, 0.1) is 0 Å². The molecule has 1 heterocycles. The van der Waals surface area contributed by atoms with Gasteiger partial charge in [-0.1, -0.05) is 48.9 Å². The first-order valence-corrected chi connectivity index (χ1v) is 8.91. The van der Waals surface area contributed by atoms with Gasteiger partial charge in [0.25, 0.3) is 0 Å². The lowest BCUT2D eigenvalue weighted by molar-refractivity contribution is 0.216. The van der Waals surface area contributed by atoms with E-state index >= 15 is 0 Å². The molecule has 0 unspecified atom stereocenters. The van der Waals surface area contributed by atoms with Gasteiger partial charge in [0.1, 0.15) is 12.4 Å². The highest BCUT2D eigenvalue weighted by molar-refractivity contribution is 5.34. The lowest BCUT2D eigenvalue weighted by atomic mass is 10.1. The van der Waals surface area contributed by atoms with E-state index in [1.165, 1.54) is 49.9 Å². The smallest absolute Gasteiger partial charge is 0.119 e. The van der Waals surface area contributed by atoms with Crippen LogP contribution in [0.5, 0.6) is 5.75 Å². The largest absolute Gasteiger partial charge is 0.489 e. The summed E-state index contributed by atoms with van der Waals surface area (Å²) in [6.45, 7) is 3.25. The van der Waals surface area contributed by atoms with E-state index in [1.807, 2.05) is 6.07 Å². The molecule has 1 saturated carbocycles. The zero-order valence-electron chi connectivity index (χ0n) is 13.7. The highest BCUT2D eigenvalue weighted by Crippen LogP contribution is 2.45. The minimum Gasteiger partial charge on any atom is -0.489 e. The van der Waals surface area contributed by atoms with E-state index in [2.05, 4.69) is 53.4 Å². The van der Waals surface area contributed by atoms with Crippen LogP contribution in [0.2, 0.25) is 0 Å². The second-order valence-corrected chi connectivity index (χ2v) is 6.85. The van der Waals surface area contributed by atoms with Crippen LogP contribution in [0.4, 0.5) is 0 Å². The maximum absolute atomic E-state index is 5.88. The van der Waals surface area contributed by atoms with Crippen molar-refractivity contribution in [1.29, 1.82) is 0 Å². The second kappa shape index (κ2) is 6.76. The summed E-state index contributed by atoms with van der Waals surface area (Å²) in [7, 11) is 0. The maximum Gasteiger partial charge on any atom is 0.119 e. The fourth-order valence-corrected chi connectivity index (χ4v) is 3.75. The quantitative estimate of drug-likeness (QED) is 0.800. The first-order chi connectivity index (χ1) is 11.4. The number of nitrogens with zero attached hydrogens (tertiary/aromatic N) is 1. The first kappa shape index (κ1) is 14.8. The van der Waals surface area contributed by atoms with Crippen LogP contribution in [0.1, 0.15) is 42.7 Å². The summed E-state index contributed by atoms with van der Waals surface area (Å²) >= 11 is 0. The number of likely N-dealkylation sites (tertiary alicyclic amines) is 1. The van der Waals surface area contributed by atoms with Gasteiger partial charge in [-0.2, -0.15) is 0 Å². The molecule has 0 bridgehead atoms. The van der Waals surface area contributed by atoms with E-state index < -0.39 is 0 Å². The fraction of sp³-hybridized carbons (Fsp3) is 0.429. The van der Waals surface area contributed by atoms with Gasteiger partial charge in [-0.3, -0.25) is 4.90 Å². The van der Waals surface area contributed by atoms with Gasteiger partial charge in [0, 0.05) is 12.0 Å². The van der Waals surface area contributed by atoms with Crippen molar-refractivity contribution in [2.45, 2.75) is 44.2 Å². The van der Waals surface area contributed by atoms with Crippen molar-refractivity contribution in [3.63, 3.8) is 0 Å². The summed E-state index contributed by atoms with van der Waals surface area (Å²) < 4.78 is 5.88. The van der Waals surface area contributed by atoms with Crippen LogP contribution >= 0.6 is 0 Å². The minimum absolute atomic E-state index is 0.639. The Morgan fingerprint density at radius 3 is 2.35 bits per heavy atom. The zero-order valence-corrected chi connectivity index (χ0v) is 13.7. The van der Waals surface area contributed by atoms with Gasteiger partial charge in [0.15, 0.2) is 0 Å². The number of piperidine rings is 1. The summed E-state index contributed by atoms with van der Waals surface area (Å²) in [5.41, 5.74) is 2.69. The maximum atomic E-state index is 5.88. The molecule has 2 aromatic carbocycles. The van der Waals surface area contributed by atoms with Gasteiger partial charge in [-0.05, 0) is 55.6 Å². The van der Waals surface area contributed by atoms with Crippen LogP contribution in [0.3, 0.4) is 0 Å².